The Kier molecular flexibility index (Phi) is 3.80. The lowest BCUT2D eigenvalue weighted by molar-refractivity contribution is 0.305. The van der Waals surface area contributed by atoms with E-state index in [-0.39, 0.29) is 0 Å². The molecule has 0 N–H and O–H groups in total. The van der Waals surface area contributed by atoms with Gasteiger partial charge in [-0.2, -0.15) is 0 Å². The standard InChI is InChI=1S/C12H9BrClNO/c13-10-2-1-3-11(6-10)16-8-9-4-5-12(14)15-7-9/h1-7H,8H2. The summed E-state index contributed by atoms with van der Waals surface area (Å²) < 4.78 is 6.60. The van der Waals surface area contributed by atoms with E-state index in [1.54, 1.807) is 12.3 Å². The van der Waals surface area contributed by atoms with Crippen molar-refractivity contribution in [1.82, 2.24) is 4.98 Å². The first kappa shape index (κ1) is 11.4. The average Bonchev–Trinajstić information content (AvgIpc) is 2.28. The monoisotopic (exact) mass is 297 g/mol. The number of rotatable bonds is 3. The first-order valence-corrected chi connectivity index (χ1v) is 5.90. The third-order valence-corrected chi connectivity index (χ3v) is 2.71. The van der Waals surface area contributed by atoms with Crippen LogP contribution in [0.25, 0.3) is 0 Å². The van der Waals surface area contributed by atoms with Crippen molar-refractivity contribution in [3.05, 3.63) is 57.8 Å². The molecule has 0 bridgehead atoms. The molecule has 4 heteroatoms. The number of pyridine rings is 1. The van der Waals surface area contributed by atoms with Crippen LogP contribution in [-0.2, 0) is 6.61 Å². The normalized spacial score (nSPS) is 10.1. The highest BCUT2D eigenvalue weighted by molar-refractivity contribution is 9.10. The van der Waals surface area contributed by atoms with Gasteiger partial charge in [0, 0.05) is 16.2 Å². The number of hydrogen-bond acceptors (Lipinski definition) is 2. The van der Waals surface area contributed by atoms with Gasteiger partial charge in [0.15, 0.2) is 0 Å². The third kappa shape index (κ3) is 3.22. The molecule has 1 heterocycles. The molecule has 82 valence electrons. The molecule has 1 aromatic heterocycles. The van der Waals surface area contributed by atoms with Crippen molar-refractivity contribution >= 4 is 27.5 Å². The fourth-order valence-corrected chi connectivity index (χ4v) is 1.71. The third-order valence-electron chi connectivity index (χ3n) is 1.99. The van der Waals surface area contributed by atoms with E-state index in [4.69, 9.17) is 16.3 Å². The van der Waals surface area contributed by atoms with Gasteiger partial charge in [-0.1, -0.05) is 39.7 Å². The van der Waals surface area contributed by atoms with Gasteiger partial charge < -0.3 is 4.74 Å². The maximum atomic E-state index is 5.69. The van der Waals surface area contributed by atoms with Crippen LogP contribution in [0, 0.1) is 0 Å². The Morgan fingerprint density at radius 1 is 1.25 bits per heavy atom. The Bertz CT molecular complexity index is 473. The summed E-state index contributed by atoms with van der Waals surface area (Å²) in [5, 5.41) is 0.492. The maximum absolute atomic E-state index is 5.69. The first-order chi connectivity index (χ1) is 7.74. The number of hydrogen-bond donors (Lipinski definition) is 0. The number of benzene rings is 1. The second kappa shape index (κ2) is 5.32. The van der Waals surface area contributed by atoms with E-state index in [1.807, 2.05) is 30.3 Å². The summed E-state index contributed by atoms with van der Waals surface area (Å²) in [4.78, 5) is 3.99. The summed E-state index contributed by atoms with van der Waals surface area (Å²) in [5.74, 6) is 0.823. The van der Waals surface area contributed by atoms with Gasteiger partial charge in [-0.05, 0) is 24.3 Å². The Morgan fingerprint density at radius 3 is 2.81 bits per heavy atom. The van der Waals surface area contributed by atoms with Crippen molar-refractivity contribution in [1.29, 1.82) is 0 Å². The van der Waals surface area contributed by atoms with Gasteiger partial charge in [0.1, 0.15) is 17.5 Å². The van der Waals surface area contributed by atoms with Gasteiger partial charge in [-0.3, -0.25) is 0 Å². The Hall–Kier alpha value is -1.06. The zero-order valence-corrected chi connectivity index (χ0v) is 10.7. The fourth-order valence-electron chi connectivity index (χ4n) is 1.22. The molecule has 2 nitrogen and oxygen atoms in total. The van der Waals surface area contributed by atoms with Gasteiger partial charge in [-0.25, -0.2) is 4.98 Å². The molecule has 0 amide bonds. The zero-order valence-electron chi connectivity index (χ0n) is 8.36. The van der Waals surface area contributed by atoms with Crippen molar-refractivity contribution in [2.75, 3.05) is 0 Å². The van der Waals surface area contributed by atoms with Crippen LogP contribution in [-0.4, -0.2) is 4.98 Å². The van der Waals surface area contributed by atoms with Gasteiger partial charge in [0.25, 0.3) is 0 Å². The van der Waals surface area contributed by atoms with Crippen molar-refractivity contribution in [2.45, 2.75) is 6.61 Å². The van der Waals surface area contributed by atoms with E-state index < -0.39 is 0 Å². The van der Waals surface area contributed by atoms with E-state index in [0.717, 1.165) is 15.8 Å². The predicted octanol–water partition coefficient (Wildman–Crippen LogP) is 4.08. The quantitative estimate of drug-likeness (QED) is 0.797. The van der Waals surface area contributed by atoms with Crippen LogP contribution >= 0.6 is 27.5 Å². The van der Waals surface area contributed by atoms with Crippen LogP contribution < -0.4 is 4.74 Å². The van der Waals surface area contributed by atoms with Crippen LogP contribution in [0.3, 0.4) is 0 Å². The Labute approximate surface area is 107 Å². The largest absolute Gasteiger partial charge is 0.489 e. The van der Waals surface area contributed by atoms with Gasteiger partial charge in [0.2, 0.25) is 0 Å². The molecule has 0 saturated heterocycles. The summed E-state index contributed by atoms with van der Waals surface area (Å²) in [5.41, 5.74) is 0.990. The second-order valence-electron chi connectivity index (χ2n) is 3.24. The molecule has 0 saturated carbocycles. The number of aromatic nitrogens is 1. The topological polar surface area (TPSA) is 22.1 Å². The molecule has 0 fully saturated rings. The highest BCUT2D eigenvalue weighted by Crippen LogP contribution is 2.18. The molecule has 1 aromatic carbocycles. The van der Waals surface area contributed by atoms with Crippen molar-refractivity contribution in [3.8, 4) is 5.75 Å². The molecule has 0 unspecified atom stereocenters. The molecule has 0 aliphatic rings. The molecule has 0 aliphatic carbocycles. The highest BCUT2D eigenvalue weighted by Gasteiger charge is 1.97. The molecule has 2 aromatic rings. The second-order valence-corrected chi connectivity index (χ2v) is 4.54. The summed E-state index contributed by atoms with van der Waals surface area (Å²) >= 11 is 9.08. The highest BCUT2D eigenvalue weighted by atomic mass is 79.9. The van der Waals surface area contributed by atoms with E-state index in [2.05, 4.69) is 20.9 Å². The SMILES string of the molecule is Clc1ccc(COc2cccc(Br)c2)cn1. The van der Waals surface area contributed by atoms with Crippen LogP contribution in [0.1, 0.15) is 5.56 Å². The van der Waals surface area contributed by atoms with Crippen molar-refractivity contribution in [3.63, 3.8) is 0 Å². The average molecular weight is 299 g/mol. The van der Waals surface area contributed by atoms with E-state index in [0.29, 0.717) is 11.8 Å². The van der Waals surface area contributed by atoms with Crippen LogP contribution in [0.4, 0.5) is 0 Å². The first-order valence-electron chi connectivity index (χ1n) is 4.73. The molecule has 0 spiro atoms. The van der Waals surface area contributed by atoms with Gasteiger partial charge in [-0.15, -0.1) is 0 Å². The molecule has 0 radical (unpaired) electrons. The van der Waals surface area contributed by atoms with E-state index in [9.17, 15) is 0 Å². The molecule has 0 aliphatic heterocycles. The Balaban J connectivity index is 1.99. The summed E-state index contributed by atoms with van der Waals surface area (Å²) in [6.45, 7) is 0.487. The predicted molar refractivity (Wildman–Crippen MR) is 67.7 cm³/mol. The Morgan fingerprint density at radius 2 is 2.12 bits per heavy atom. The molecule has 2 rings (SSSR count). The summed E-state index contributed by atoms with van der Waals surface area (Å²) in [6.07, 6.45) is 1.71. The zero-order chi connectivity index (χ0) is 11.4. The van der Waals surface area contributed by atoms with Crippen LogP contribution in [0.2, 0.25) is 5.15 Å². The lowest BCUT2D eigenvalue weighted by atomic mass is 10.3. The summed E-state index contributed by atoms with van der Waals surface area (Å²) in [7, 11) is 0. The molecular formula is C12H9BrClNO. The molecular weight excluding hydrogens is 289 g/mol. The number of nitrogens with zero attached hydrogens (tertiary/aromatic N) is 1. The lowest BCUT2D eigenvalue weighted by Gasteiger charge is -2.06. The van der Waals surface area contributed by atoms with Crippen molar-refractivity contribution in [2.24, 2.45) is 0 Å². The van der Waals surface area contributed by atoms with Gasteiger partial charge in [0.05, 0.1) is 0 Å². The summed E-state index contributed by atoms with van der Waals surface area (Å²) in [6, 6.07) is 11.4. The fraction of sp³-hybridized carbons (Fsp3) is 0.0833. The molecule has 0 atom stereocenters. The number of halogens is 2. The number of ether oxygens (including phenoxy) is 1. The van der Waals surface area contributed by atoms with E-state index in [1.165, 1.54) is 0 Å². The lowest BCUT2D eigenvalue weighted by Crippen LogP contribution is -1.95. The maximum Gasteiger partial charge on any atom is 0.129 e. The van der Waals surface area contributed by atoms with E-state index >= 15 is 0 Å². The van der Waals surface area contributed by atoms with Crippen molar-refractivity contribution < 1.29 is 4.74 Å². The minimum atomic E-state index is 0.487. The van der Waals surface area contributed by atoms with Crippen LogP contribution in [0.5, 0.6) is 5.75 Å². The smallest absolute Gasteiger partial charge is 0.129 e. The van der Waals surface area contributed by atoms with Crippen LogP contribution in [0.15, 0.2) is 47.1 Å². The van der Waals surface area contributed by atoms with Gasteiger partial charge >= 0.3 is 0 Å². The minimum absolute atomic E-state index is 0.487. The molecule has 16 heavy (non-hydrogen) atoms. The minimum Gasteiger partial charge on any atom is -0.489 e.